The molecule has 0 spiro atoms. The van der Waals surface area contributed by atoms with Gasteiger partial charge in [-0.2, -0.15) is 0 Å². The summed E-state index contributed by atoms with van der Waals surface area (Å²) in [4.78, 5) is 41.1. The number of nitrogens with zero attached hydrogens (tertiary/aromatic N) is 6. The second-order valence-corrected chi connectivity index (χ2v) is 13.8. The molecule has 2 aliphatic heterocycles. The summed E-state index contributed by atoms with van der Waals surface area (Å²) in [5.74, 6) is 0.0519. The van der Waals surface area contributed by atoms with Gasteiger partial charge in [-0.25, -0.2) is 9.97 Å². The van der Waals surface area contributed by atoms with Crippen LogP contribution in [0.2, 0.25) is 10.0 Å². The molecule has 0 radical (unpaired) electrons. The third kappa shape index (κ3) is 6.08. The van der Waals surface area contributed by atoms with E-state index in [2.05, 4.69) is 25.4 Å². The first-order valence-corrected chi connectivity index (χ1v) is 17.2. The first-order chi connectivity index (χ1) is 22.7. The minimum atomic E-state index is -0.338. The molecule has 2 aromatic carbocycles. The minimum Gasteiger partial charge on any atom is -0.327 e. The van der Waals surface area contributed by atoms with Crippen LogP contribution in [0.3, 0.4) is 0 Å². The molecule has 47 heavy (non-hydrogen) atoms. The van der Waals surface area contributed by atoms with Gasteiger partial charge in [-0.1, -0.05) is 66.7 Å². The maximum atomic E-state index is 13.6. The predicted octanol–water partition coefficient (Wildman–Crippen LogP) is 6.31. The van der Waals surface area contributed by atoms with Crippen LogP contribution in [0, 0.1) is 0 Å². The number of hydrogen-bond acceptors (Lipinski definition) is 6. The first kappa shape index (κ1) is 31.9. The highest BCUT2D eigenvalue weighted by Gasteiger charge is 2.30. The molecule has 12 heteroatoms. The van der Waals surface area contributed by atoms with E-state index in [1.807, 2.05) is 54.5 Å². The number of aromatic nitrogens is 4. The number of carbonyl (C=O) groups excluding carboxylic acids is 2. The second kappa shape index (κ2) is 13.1. The summed E-state index contributed by atoms with van der Waals surface area (Å²) in [6.45, 7) is 3.40. The molecule has 246 valence electrons. The van der Waals surface area contributed by atoms with Crippen LogP contribution in [0.25, 0.3) is 11.1 Å². The van der Waals surface area contributed by atoms with Crippen molar-refractivity contribution in [3.63, 3.8) is 0 Å². The molecule has 0 unspecified atom stereocenters. The monoisotopic (exact) mass is 674 g/mol. The quantitative estimate of drug-likeness (QED) is 0.249. The highest BCUT2D eigenvalue weighted by Crippen LogP contribution is 2.40. The Kier molecular flexibility index (Phi) is 8.86. The Morgan fingerprint density at radius 3 is 1.79 bits per heavy atom. The molecule has 0 atom stereocenters. The molecular formula is C35H40Cl2N8O2. The number of amides is 2. The van der Waals surface area contributed by atoms with E-state index >= 15 is 0 Å². The largest absolute Gasteiger partial charge is 0.327 e. The van der Waals surface area contributed by atoms with Crippen LogP contribution < -0.4 is 10.6 Å². The number of fused-ring (bicyclic) bond motifs is 2. The third-order valence-corrected chi connectivity index (χ3v) is 10.8. The van der Waals surface area contributed by atoms with Gasteiger partial charge in [0.25, 0.3) is 11.8 Å². The van der Waals surface area contributed by atoms with Gasteiger partial charge in [0.2, 0.25) is 0 Å². The highest BCUT2D eigenvalue weighted by atomic mass is 35.5. The number of benzene rings is 2. The molecular weight excluding hydrogens is 635 g/mol. The van der Waals surface area contributed by atoms with Crippen LogP contribution in [0.1, 0.15) is 76.1 Å². The summed E-state index contributed by atoms with van der Waals surface area (Å²) in [7, 11) is 5.83. The smallest absolute Gasteiger partial charge is 0.291 e. The zero-order chi connectivity index (χ0) is 32.8. The van der Waals surface area contributed by atoms with E-state index in [9.17, 15) is 9.59 Å². The zero-order valence-electron chi connectivity index (χ0n) is 27.1. The van der Waals surface area contributed by atoms with Gasteiger partial charge in [-0.15, -0.1) is 0 Å². The van der Waals surface area contributed by atoms with Gasteiger partial charge in [0.15, 0.2) is 11.6 Å². The van der Waals surface area contributed by atoms with Crippen LogP contribution in [0.5, 0.6) is 0 Å². The summed E-state index contributed by atoms with van der Waals surface area (Å²) in [5.41, 5.74) is 6.25. The normalized spacial score (nSPS) is 17.3. The molecule has 0 saturated heterocycles. The van der Waals surface area contributed by atoms with Gasteiger partial charge in [0, 0.05) is 81.7 Å². The van der Waals surface area contributed by atoms with E-state index < -0.39 is 0 Å². The van der Waals surface area contributed by atoms with Crippen LogP contribution in [-0.2, 0) is 40.0 Å². The van der Waals surface area contributed by atoms with Crippen molar-refractivity contribution in [3.05, 3.63) is 80.9 Å². The van der Waals surface area contributed by atoms with Crippen molar-refractivity contribution in [2.75, 3.05) is 30.8 Å². The average Bonchev–Trinajstić information content (AvgIpc) is 3.59. The summed E-state index contributed by atoms with van der Waals surface area (Å²) in [5, 5.41) is 6.61. The fraction of sp³-hybridized carbons (Fsp3) is 0.429. The lowest BCUT2D eigenvalue weighted by atomic mass is 9.93. The Labute approximate surface area is 285 Å². The fourth-order valence-electron chi connectivity index (χ4n) is 7.40. The van der Waals surface area contributed by atoms with Crippen LogP contribution in [0.15, 0.2) is 36.4 Å². The molecule has 2 N–H and O–H groups in total. The van der Waals surface area contributed by atoms with Gasteiger partial charge >= 0.3 is 0 Å². The lowest BCUT2D eigenvalue weighted by molar-refractivity contribution is 0.100. The van der Waals surface area contributed by atoms with Crippen LogP contribution >= 0.6 is 23.2 Å². The van der Waals surface area contributed by atoms with Crippen LogP contribution in [-0.4, -0.2) is 66.9 Å². The van der Waals surface area contributed by atoms with Crippen molar-refractivity contribution in [3.8, 4) is 11.1 Å². The van der Waals surface area contributed by atoms with E-state index in [1.54, 1.807) is 12.1 Å². The Hall–Kier alpha value is -3.70. The average molecular weight is 676 g/mol. The maximum absolute atomic E-state index is 13.6. The topological polar surface area (TPSA) is 100 Å². The summed E-state index contributed by atoms with van der Waals surface area (Å²) >= 11 is 13.8. The molecule has 1 aliphatic carbocycles. The molecule has 4 heterocycles. The number of nitrogens with one attached hydrogen (secondary N) is 2. The molecule has 10 nitrogen and oxygen atoms in total. The van der Waals surface area contributed by atoms with Gasteiger partial charge < -0.3 is 24.7 Å². The van der Waals surface area contributed by atoms with E-state index in [4.69, 9.17) is 28.2 Å². The number of carbonyl (C=O) groups is 2. The maximum Gasteiger partial charge on any atom is 0.291 e. The SMILES string of the molecule is CN1CCc2c(nc(C(=O)Nc3cccc(-c4cccc(NC(=O)c5nc6c(n5C)CCN(C5CCCCC5)C6)c4Cl)c3Cl)n2C)C1. The Bertz CT molecular complexity index is 1860. The number of hydrogen-bond donors (Lipinski definition) is 2. The Balaban J connectivity index is 1.09. The molecule has 1 saturated carbocycles. The van der Waals surface area contributed by atoms with Gasteiger partial charge in [0.1, 0.15) is 0 Å². The fourth-order valence-corrected chi connectivity index (χ4v) is 7.95. The standard InChI is InChI=1S/C35H40Cl2N8O2/c1-42-17-15-28-26(19-42)38-32(43(28)2)34(46)40-24-13-7-11-22(30(24)36)23-12-8-14-25(31(23)37)41-35(47)33-39-27-20-45(18-16-29(27)44(33)3)21-9-5-4-6-10-21/h7-8,11-14,21H,4-6,9-10,15-20H2,1-3H3,(H,40,46)(H,41,47). The zero-order valence-corrected chi connectivity index (χ0v) is 28.6. The second-order valence-electron chi connectivity index (χ2n) is 13.0. The van der Waals surface area contributed by atoms with Crippen molar-refractivity contribution in [1.29, 1.82) is 0 Å². The lowest BCUT2D eigenvalue weighted by Gasteiger charge is -2.36. The van der Waals surface area contributed by atoms with E-state index in [0.717, 1.165) is 55.3 Å². The van der Waals surface area contributed by atoms with Crippen LogP contribution in [0.4, 0.5) is 11.4 Å². The molecule has 2 aromatic heterocycles. The van der Waals surface area contributed by atoms with Gasteiger partial charge in [0.05, 0.1) is 32.8 Å². The van der Waals surface area contributed by atoms with Gasteiger partial charge in [-0.3, -0.25) is 14.5 Å². The third-order valence-electron chi connectivity index (χ3n) is 10.0. The first-order valence-electron chi connectivity index (χ1n) is 16.4. The Morgan fingerprint density at radius 2 is 1.23 bits per heavy atom. The van der Waals surface area contributed by atoms with Crippen molar-refractivity contribution in [2.24, 2.45) is 14.1 Å². The number of anilines is 2. The molecule has 0 bridgehead atoms. The summed E-state index contributed by atoms with van der Waals surface area (Å²) in [6, 6.07) is 11.4. The lowest BCUT2D eigenvalue weighted by Crippen LogP contribution is -2.40. The van der Waals surface area contributed by atoms with Crippen molar-refractivity contribution >= 4 is 46.4 Å². The summed E-state index contributed by atoms with van der Waals surface area (Å²) in [6.07, 6.45) is 8.11. The molecule has 3 aliphatic rings. The van der Waals surface area contributed by atoms with Gasteiger partial charge in [-0.05, 0) is 32.0 Å². The van der Waals surface area contributed by atoms with Crippen molar-refractivity contribution in [1.82, 2.24) is 28.9 Å². The molecule has 2 amide bonds. The number of rotatable bonds is 6. The van der Waals surface area contributed by atoms with E-state index in [-0.39, 0.29) is 11.8 Å². The highest BCUT2D eigenvalue weighted by molar-refractivity contribution is 6.40. The predicted molar refractivity (Wildman–Crippen MR) is 185 cm³/mol. The number of imidazole rings is 2. The number of likely N-dealkylation sites (N-methyl/N-ethyl adjacent to an activating group) is 1. The number of halogens is 2. The van der Waals surface area contributed by atoms with E-state index in [0.29, 0.717) is 56.8 Å². The van der Waals surface area contributed by atoms with Crippen molar-refractivity contribution in [2.45, 2.75) is 64.1 Å². The summed E-state index contributed by atoms with van der Waals surface area (Å²) < 4.78 is 3.78. The molecule has 4 aromatic rings. The molecule has 7 rings (SSSR count). The van der Waals surface area contributed by atoms with Crippen molar-refractivity contribution < 1.29 is 9.59 Å². The Morgan fingerprint density at radius 1 is 0.723 bits per heavy atom. The minimum absolute atomic E-state index is 0.318. The van der Waals surface area contributed by atoms with E-state index in [1.165, 1.54) is 32.1 Å². The molecule has 1 fully saturated rings.